The van der Waals surface area contributed by atoms with Crippen molar-refractivity contribution >= 4 is 5.78 Å². The molecule has 1 rings (SSSR count). The van der Waals surface area contributed by atoms with Gasteiger partial charge in [0, 0.05) is 5.92 Å². The first-order valence-corrected chi connectivity index (χ1v) is 4.54. The lowest BCUT2D eigenvalue weighted by atomic mass is 10.1. The molecule has 0 spiro atoms. The van der Waals surface area contributed by atoms with Gasteiger partial charge in [0.2, 0.25) is 5.78 Å². The van der Waals surface area contributed by atoms with Crippen LogP contribution in [-0.2, 0) is 4.74 Å². The Kier molecular flexibility index (Phi) is 4.22. The van der Waals surface area contributed by atoms with Crippen molar-refractivity contribution in [1.82, 2.24) is 0 Å². The molecule has 0 unspecified atom stereocenters. The molecule has 84 valence electrons. The van der Waals surface area contributed by atoms with Crippen LogP contribution in [0.25, 0.3) is 0 Å². The molecule has 4 heteroatoms. The Hall–Kier alpha value is -2.15. The number of ketones is 1. The molecule has 16 heavy (non-hydrogen) atoms. The molecule has 4 nitrogen and oxygen atoms in total. The van der Waals surface area contributed by atoms with Gasteiger partial charge in [-0.25, -0.2) is 0 Å². The number of carbonyl (C=O) groups is 1. The van der Waals surface area contributed by atoms with Gasteiger partial charge in [-0.05, 0) is 12.1 Å². The molecule has 0 amide bonds. The topological polar surface area (TPSA) is 44.8 Å². The van der Waals surface area contributed by atoms with Crippen LogP contribution in [0, 0.1) is 12.0 Å². The van der Waals surface area contributed by atoms with Gasteiger partial charge in [-0.3, -0.25) is 4.79 Å². The number of rotatable bonds is 3. The van der Waals surface area contributed by atoms with Crippen molar-refractivity contribution in [2.45, 2.75) is 0 Å². The van der Waals surface area contributed by atoms with Gasteiger partial charge >= 0.3 is 0 Å². The second-order valence-corrected chi connectivity index (χ2v) is 2.80. The van der Waals surface area contributed by atoms with Gasteiger partial charge in [-0.2, -0.15) is 0 Å². The van der Waals surface area contributed by atoms with E-state index in [0.717, 1.165) is 0 Å². The minimum atomic E-state index is -0.377. The summed E-state index contributed by atoms with van der Waals surface area (Å²) in [6.07, 6.45) is 2.24. The molecule has 0 heterocycles. The standard InChI is InChI=1S/C12H12O4/c1-14-8-7-10(13)9-5-4-6-11(15-2)12(9)16-3/h4-6H,1-3H3. The van der Waals surface area contributed by atoms with Crippen molar-refractivity contribution in [3.05, 3.63) is 23.8 Å². The van der Waals surface area contributed by atoms with Crippen molar-refractivity contribution in [1.29, 1.82) is 0 Å². The van der Waals surface area contributed by atoms with Crippen LogP contribution >= 0.6 is 0 Å². The van der Waals surface area contributed by atoms with E-state index >= 15 is 0 Å². The highest BCUT2D eigenvalue weighted by atomic mass is 16.5. The number of carbonyl (C=O) groups excluding carboxylic acids is 1. The summed E-state index contributed by atoms with van der Waals surface area (Å²) in [5.41, 5.74) is 0.353. The third-order valence-electron chi connectivity index (χ3n) is 1.91. The Morgan fingerprint density at radius 1 is 1.19 bits per heavy atom. The van der Waals surface area contributed by atoms with Crippen LogP contribution < -0.4 is 9.47 Å². The summed E-state index contributed by atoms with van der Waals surface area (Å²) >= 11 is 0. The molecule has 0 saturated carbocycles. The summed E-state index contributed by atoms with van der Waals surface area (Å²) in [5.74, 6) is 2.82. The van der Waals surface area contributed by atoms with Gasteiger partial charge in [0.15, 0.2) is 11.5 Å². The molecule has 0 aliphatic rings. The van der Waals surface area contributed by atoms with Crippen LogP contribution in [0.2, 0.25) is 0 Å². The van der Waals surface area contributed by atoms with Crippen molar-refractivity contribution in [2.75, 3.05) is 21.3 Å². The highest BCUT2D eigenvalue weighted by Crippen LogP contribution is 2.30. The van der Waals surface area contributed by atoms with Crippen molar-refractivity contribution in [2.24, 2.45) is 0 Å². The minimum Gasteiger partial charge on any atom is -0.493 e. The van der Waals surface area contributed by atoms with E-state index in [1.54, 1.807) is 18.2 Å². The smallest absolute Gasteiger partial charge is 0.243 e. The molecule has 0 N–H and O–H groups in total. The number of ether oxygens (including phenoxy) is 3. The first-order valence-electron chi connectivity index (χ1n) is 4.54. The zero-order valence-corrected chi connectivity index (χ0v) is 9.37. The summed E-state index contributed by atoms with van der Waals surface area (Å²) in [6.45, 7) is 0. The van der Waals surface area contributed by atoms with Crippen LogP contribution in [-0.4, -0.2) is 27.1 Å². The van der Waals surface area contributed by atoms with E-state index in [2.05, 4.69) is 16.8 Å². The minimum absolute atomic E-state index is 0.353. The van der Waals surface area contributed by atoms with Crippen LogP contribution in [0.3, 0.4) is 0 Å². The molecule has 1 aromatic carbocycles. The van der Waals surface area contributed by atoms with E-state index in [1.165, 1.54) is 21.3 Å². The van der Waals surface area contributed by atoms with Crippen LogP contribution in [0.4, 0.5) is 0 Å². The predicted molar refractivity (Wildman–Crippen MR) is 58.7 cm³/mol. The highest BCUT2D eigenvalue weighted by molar-refractivity contribution is 6.11. The molecular formula is C12H12O4. The summed E-state index contributed by atoms with van der Waals surface area (Å²) in [6, 6.07) is 5.02. The van der Waals surface area contributed by atoms with E-state index in [4.69, 9.17) is 9.47 Å². The summed E-state index contributed by atoms with van der Waals surface area (Å²) in [7, 11) is 4.37. The quantitative estimate of drug-likeness (QED) is 0.572. The van der Waals surface area contributed by atoms with E-state index in [9.17, 15) is 4.79 Å². The molecule has 0 saturated heterocycles. The molecule has 1 aromatic rings. The molecule has 0 aromatic heterocycles. The number of hydrogen-bond acceptors (Lipinski definition) is 4. The number of Topliss-reactive ketones (excluding diaryl/α,β-unsaturated/α-hetero) is 1. The predicted octanol–water partition coefficient (Wildman–Crippen LogP) is 1.49. The van der Waals surface area contributed by atoms with Crippen molar-refractivity contribution in [3.63, 3.8) is 0 Å². The van der Waals surface area contributed by atoms with Gasteiger partial charge in [-0.15, -0.1) is 0 Å². The van der Waals surface area contributed by atoms with E-state index < -0.39 is 0 Å². The molecule has 0 aliphatic carbocycles. The fraction of sp³-hybridized carbons (Fsp3) is 0.250. The average molecular weight is 220 g/mol. The lowest BCUT2D eigenvalue weighted by Crippen LogP contribution is -2.01. The van der Waals surface area contributed by atoms with Crippen molar-refractivity contribution in [3.8, 4) is 23.5 Å². The summed E-state index contributed by atoms with van der Waals surface area (Å²) in [5, 5.41) is 0. The zero-order valence-electron chi connectivity index (χ0n) is 9.37. The maximum Gasteiger partial charge on any atom is 0.243 e. The maximum absolute atomic E-state index is 11.7. The van der Waals surface area contributed by atoms with Gasteiger partial charge in [0.1, 0.15) is 6.11 Å². The second-order valence-electron chi connectivity index (χ2n) is 2.80. The second kappa shape index (κ2) is 5.66. The molecule has 0 bridgehead atoms. The molecule has 0 aliphatic heterocycles. The third kappa shape index (κ3) is 2.45. The molecule has 0 atom stereocenters. The lowest BCUT2D eigenvalue weighted by molar-refractivity contribution is 0.105. The van der Waals surface area contributed by atoms with Gasteiger partial charge in [0.25, 0.3) is 0 Å². The Morgan fingerprint density at radius 3 is 2.50 bits per heavy atom. The molecule has 0 fully saturated rings. The first kappa shape index (κ1) is 11.9. The Morgan fingerprint density at radius 2 is 1.94 bits per heavy atom. The number of para-hydroxylation sites is 1. The Labute approximate surface area is 94.1 Å². The van der Waals surface area contributed by atoms with Crippen molar-refractivity contribution < 1.29 is 19.0 Å². The average Bonchev–Trinajstić information content (AvgIpc) is 2.34. The SMILES string of the molecule is COC#CC(=O)c1cccc(OC)c1OC. The van der Waals surface area contributed by atoms with E-state index in [0.29, 0.717) is 17.1 Å². The summed E-state index contributed by atoms with van der Waals surface area (Å²) in [4.78, 5) is 11.7. The number of methoxy groups -OCH3 is 3. The van der Waals surface area contributed by atoms with Crippen LogP contribution in [0.1, 0.15) is 10.4 Å². The molecule has 0 radical (unpaired) electrons. The Bertz CT molecular complexity index is 440. The highest BCUT2D eigenvalue weighted by Gasteiger charge is 2.14. The third-order valence-corrected chi connectivity index (χ3v) is 1.91. The van der Waals surface area contributed by atoms with Gasteiger partial charge < -0.3 is 14.2 Å². The fourth-order valence-corrected chi connectivity index (χ4v) is 1.23. The molecular weight excluding hydrogens is 208 g/mol. The zero-order chi connectivity index (χ0) is 12.0. The number of benzene rings is 1. The van der Waals surface area contributed by atoms with Crippen LogP contribution in [0.5, 0.6) is 11.5 Å². The first-order chi connectivity index (χ1) is 7.74. The van der Waals surface area contributed by atoms with E-state index in [-0.39, 0.29) is 5.78 Å². The van der Waals surface area contributed by atoms with Gasteiger partial charge in [0.05, 0.1) is 26.9 Å². The monoisotopic (exact) mass is 220 g/mol. The lowest BCUT2D eigenvalue weighted by Gasteiger charge is -2.09. The van der Waals surface area contributed by atoms with Crippen LogP contribution in [0.15, 0.2) is 18.2 Å². The number of hydrogen-bond donors (Lipinski definition) is 0. The van der Waals surface area contributed by atoms with Gasteiger partial charge in [-0.1, -0.05) is 6.07 Å². The Balaban J connectivity index is 3.17. The largest absolute Gasteiger partial charge is 0.493 e. The summed E-state index contributed by atoms with van der Waals surface area (Å²) < 4.78 is 14.7. The maximum atomic E-state index is 11.7. The normalized spacial score (nSPS) is 8.69. The fourth-order valence-electron chi connectivity index (χ4n) is 1.23. The van der Waals surface area contributed by atoms with E-state index in [1.807, 2.05) is 0 Å².